The molecule has 3 aromatic carbocycles. The lowest BCUT2D eigenvalue weighted by Gasteiger charge is -2.20. The first-order valence-electron chi connectivity index (χ1n) is 12.3. The van der Waals surface area contributed by atoms with Crippen molar-refractivity contribution in [2.24, 2.45) is 0 Å². The van der Waals surface area contributed by atoms with Crippen LogP contribution in [0.4, 0.5) is 0 Å². The van der Waals surface area contributed by atoms with Crippen LogP contribution in [0.25, 0.3) is 22.0 Å². The quantitative estimate of drug-likeness (QED) is 0.271. The number of nitrogens with zero attached hydrogens (tertiary/aromatic N) is 1. The lowest BCUT2D eigenvalue weighted by molar-refractivity contribution is 0.229. The van der Waals surface area contributed by atoms with Crippen LogP contribution in [-0.2, 0) is 19.4 Å². The lowest BCUT2D eigenvalue weighted by atomic mass is 9.94. The molecule has 1 aromatic heterocycles. The Balaban J connectivity index is 1.77. The normalized spacial score (nSPS) is 11.3. The smallest absolute Gasteiger partial charge is 0.130 e. The summed E-state index contributed by atoms with van der Waals surface area (Å²) >= 11 is 0. The van der Waals surface area contributed by atoms with E-state index >= 15 is 0 Å². The number of aromatic nitrogens is 1. The molecule has 176 valence electrons. The molecule has 0 fully saturated rings. The van der Waals surface area contributed by atoms with Gasteiger partial charge in [-0.2, -0.15) is 0 Å². The van der Waals surface area contributed by atoms with Crippen LogP contribution in [-0.4, -0.2) is 11.1 Å². The molecule has 0 amide bonds. The third-order valence-corrected chi connectivity index (χ3v) is 6.35. The minimum atomic E-state index is 0.0553. The van der Waals surface area contributed by atoms with Gasteiger partial charge < -0.3 is 9.47 Å². The summed E-state index contributed by atoms with van der Waals surface area (Å²) in [6.45, 7) is 13.1. The maximum atomic E-state index is 6.45. The van der Waals surface area contributed by atoms with Gasteiger partial charge in [0.25, 0.3) is 0 Å². The van der Waals surface area contributed by atoms with Crippen molar-refractivity contribution < 1.29 is 9.47 Å². The van der Waals surface area contributed by atoms with Crippen LogP contribution in [0.15, 0.2) is 60.7 Å². The fourth-order valence-corrected chi connectivity index (χ4v) is 4.59. The zero-order valence-electron chi connectivity index (χ0n) is 21.2. The van der Waals surface area contributed by atoms with Crippen LogP contribution < -0.4 is 9.47 Å². The van der Waals surface area contributed by atoms with Crippen molar-refractivity contribution >= 4 is 10.8 Å². The van der Waals surface area contributed by atoms with Gasteiger partial charge in [0.1, 0.15) is 18.1 Å². The van der Waals surface area contributed by atoms with E-state index in [-0.39, 0.29) is 6.10 Å². The molecule has 3 heteroatoms. The van der Waals surface area contributed by atoms with E-state index in [4.69, 9.17) is 14.5 Å². The molecule has 0 saturated heterocycles. The second kappa shape index (κ2) is 10.3. The number of ether oxygens (including phenoxy) is 2. The highest BCUT2D eigenvalue weighted by Gasteiger charge is 2.18. The van der Waals surface area contributed by atoms with E-state index in [0.717, 1.165) is 52.2 Å². The third kappa shape index (κ3) is 4.79. The number of rotatable bonds is 8. The molecular weight excluding hydrogens is 418 g/mol. The Labute approximate surface area is 203 Å². The molecule has 0 atom stereocenters. The lowest BCUT2D eigenvalue weighted by Crippen LogP contribution is -2.12. The Bertz CT molecular complexity index is 1280. The van der Waals surface area contributed by atoms with E-state index in [0.29, 0.717) is 6.61 Å². The monoisotopic (exact) mass is 453 g/mol. The van der Waals surface area contributed by atoms with Crippen LogP contribution in [0.2, 0.25) is 0 Å². The number of hydrogen-bond acceptors (Lipinski definition) is 3. The van der Waals surface area contributed by atoms with Crippen molar-refractivity contribution in [1.29, 1.82) is 0 Å². The summed E-state index contributed by atoms with van der Waals surface area (Å²) in [4.78, 5) is 5.07. The molecule has 1 heterocycles. The van der Waals surface area contributed by atoms with Crippen molar-refractivity contribution in [3.8, 4) is 22.8 Å². The highest BCUT2D eigenvalue weighted by Crippen LogP contribution is 2.35. The highest BCUT2D eigenvalue weighted by atomic mass is 16.5. The number of aryl methyl sites for hydroxylation is 4. The van der Waals surface area contributed by atoms with Gasteiger partial charge >= 0.3 is 0 Å². The summed E-state index contributed by atoms with van der Waals surface area (Å²) in [5.41, 5.74) is 7.91. The Morgan fingerprint density at radius 1 is 0.853 bits per heavy atom. The van der Waals surface area contributed by atoms with Crippen molar-refractivity contribution in [1.82, 2.24) is 4.98 Å². The van der Waals surface area contributed by atoms with E-state index < -0.39 is 0 Å². The van der Waals surface area contributed by atoms with Gasteiger partial charge in [0.2, 0.25) is 0 Å². The van der Waals surface area contributed by atoms with Gasteiger partial charge in [0.05, 0.1) is 17.4 Å². The van der Waals surface area contributed by atoms with Crippen molar-refractivity contribution in [3.05, 3.63) is 88.6 Å². The van der Waals surface area contributed by atoms with Crippen LogP contribution in [0, 0.1) is 13.8 Å². The van der Waals surface area contributed by atoms with Gasteiger partial charge in [-0.25, -0.2) is 0 Å². The van der Waals surface area contributed by atoms with Gasteiger partial charge in [-0.05, 0) is 62.6 Å². The van der Waals surface area contributed by atoms with Gasteiger partial charge in [0.15, 0.2) is 0 Å². The number of hydrogen-bond donors (Lipinski definition) is 0. The molecule has 3 nitrogen and oxygen atoms in total. The van der Waals surface area contributed by atoms with Gasteiger partial charge in [0, 0.05) is 22.7 Å². The molecule has 34 heavy (non-hydrogen) atoms. The average molecular weight is 454 g/mol. The molecule has 4 rings (SSSR count). The molecule has 0 aliphatic rings. The third-order valence-electron chi connectivity index (χ3n) is 6.35. The number of benzene rings is 3. The summed E-state index contributed by atoms with van der Waals surface area (Å²) in [6, 6.07) is 21.3. The maximum Gasteiger partial charge on any atom is 0.130 e. The predicted molar refractivity (Wildman–Crippen MR) is 142 cm³/mol. The largest absolute Gasteiger partial charge is 0.490 e. The van der Waals surface area contributed by atoms with Crippen molar-refractivity contribution in [2.75, 3.05) is 0 Å². The molecule has 4 aromatic rings. The minimum absolute atomic E-state index is 0.0553. The Hall–Kier alpha value is -3.33. The first-order valence-corrected chi connectivity index (χ1v) is 12.3. The fourth-order valence-electron chi connectivity index (χ4n) is 4.59. The zero-order chi connectivity index (χ0) is 24.2. The number of pyridine rings is 1. The molecule has 0 saturated carbocycles. The van der Waals surface area contributed by atoms with E-state index in [9.17, 15) is 0 Å². The molecule has 0 aliphatic carbocycles. The second-order valence-corrected chi connectivity index (χ2v) is 9.12. The van der Waals surface area contributed by atoms with Gasteiger partial charge in [-0.3, -0.25) is 4.98 Å². The van der Waals surface area contributed by atoms with Crippen LogP contribution >= 0.6 is 0 Å². The first-order chi connectivity index (χ1) is 16.4. The maximum absolute atomic E-state index is 6.45. The van der Waals surface area contributed by atoms with Crippen LogP contribution in [0.5, 0.6) is 11.5 Å². The minimum Gasteiger partial charge on any atom is -0.490 e. The summed E-state index contributed by atoms with van der Waals surface area (Å²) in [5, 5.41) is 2.30. The van der Waals surface area contributed by atoms with E-state index in [1.54, 1.807) is 0 Å². The van der Waals surface area contributed by atoms with Gasteiger partial charge in [-0.1, -0.05) is 68.4 Å². The number of fused-ring (bicyclic) bond motifs is 1. The molecular formula is C31H35NO2. The van der Waals surface area contributed by atoms with E-state index in [1.165, 1.54) is 22.1 Å². The van der Waals surface area contributed by atoms with Crippen LogP contribution in [0.3, 0.4) is 0 Å². The topological polar surface area (TPSA) is 31.4 Å². The molecule has 0 radical (unpaired) electrons. The summed E-state index contributed by atoms with van der Waals surface area (Å²) < 4.78 is 12.8. The first kappa shape index (κ1) is 23.8. The highest BCUT2D eigenvalue weighted by molar-refractivity contribution is 5.89. The summed E-state index contributed by atoms with van der Waals surface area (Å²) in [5.74, 6) is 1.77. The van der Waals surface area contributed by atoms with Crippen molar-refractivity contribution in [2.45, 2.75) is 67.1 Å². The van der Waals surface area contributed by atoms with Gasteiger partial charge in [-0.15, -0.1) is 0 Å². The fraction of sp³-hybridized carbons (Fsp3) is 0.323. The average Bonchev–Trinajstić information content (AvgIpc) is 2.83. The molecule has 0 spiro atoms. The Morgan fingerprint density at radius 3 is 2.24 bits per heavy atom. The predicted octanol–water partition coefficient (Wildman–Crippen LogP) is 8.01. The Kier molecular flexibility index (Phi) is 7.21. The van der Waals surface area contributed by atoms with Crippen LogP contribution in [0.1, 0.15) is 55.6 Å². The molecule has 0 unspecified atom stereocenters. The second-order valence-electron chi connectivity index (χ2n) is 9.12. The zero-order valence-corrected chi connectivity index (χ0v) is 21.2. The molecule has 0 bridgehead atoms. The summed E-state index contributed by atoms with van der Waals surface area (Å²) in [7, 11) is 0. The molecule has 0 N–H and O–H groups in total. The molecule has 0 aliphatic heterocycles. The van der Waals surface area contributed by atoms with E-state index in [1.807, 2.05) is 0 Å². The SMILES string of the molecule is CCc1cccc(CC)c1-c1cc(OC(C)C)c(COc2c(C)ccc3ccccc23)c(C)n1. The Morgan fingerprint density at radius 2 is 1.56 bits per heavy atom. The van der Waals surface area contributed by atoms with E-state index in [2.05, 4.69) is 102 Å². The van der Waals surface area contributed by atoms with Crippen molar-refractivity contribution in [3.63, 3.8) is 0 Å². The summed E-state index contributed by atoms with van der Waals surface area (Å²) in [6.07, 6.45) is 1.99. The standard InChI is InChI=1S/C31H35NO2/c1-7-23-13-11-14-24(8-2)30(23)28-18-29(34-20(3)4)27(22(6)32-28)19-33-31-21(5)16-17-25-12-9-10-15-26(25)31/h9-18,20H,7-8,19H2,1-6H3.